The molecule has 0 fully saturated rings. The molecule has 0 radical (unpaired) electrons. The third-order valence-corrected chi connectivity index (χ3v) is 2.31. The zero-order chi connectivity index (χ0) is 7.40. The van der Waals surface area contributed by atoms with E-state index in [4.69, 9.17) is 0 Å². The molecule has 0 aliphatic carbocycles. The van der Waals surface area contributed by atoms with E-state index in [2.05, 4.69) is 25.9 Å². The van der Waals surface area contributed by atoms with Gasteiger partial charge in [0.25, 0.3) is 0 Å². The zero-order valence-electron chi connectivity index (χ0n) is 5.95. The van der Waals surface area contributed by atoms with Crippen molar-refractivity contribution in [1.82, 2.24) is 9.97 Å². The van der Waals surface area contributed by atoms with Gasteiger partial charge in [0, 0.05) is 17.7 Å². The number of thioether (sulfide) groups is 1. The third-order valence-electron chi connectivity index (χ3n) is 1.06. The van der Waals surface area contributed by atoms with E-state index in [-0.39, 0.29) is 12.4 Å². The molecule has 62 valence electrons. The molecule has 0 saturated heterocycles. The van der Waals surface area contributed by atoms with Crippen molar-refractivity contribution in [2.75, 3.05) is 6.26 Å². The molecule has 1 rings (SSSR count). The Morgan fingerprint density at radius 1 is 1.45 bits per heavy atom. The monoisotopic (exact) mass is 254 g/mol. The highest BCUT2D eigenvalue weighted by Crippen LogP contribution is 2.16. The van der Waals surface area contributed by atoms with Gasteiger partial charge in [-0.3, -0.25) is 4.98 Å². The maximum absolute atomic E-state index is 4.14. The molecular formula is C6H8BrClN2S. The third kappa shape index (κ3) is 2.97. The van der Waals surface area contributed by atoms with Crippen molar-refractivity contribution in [2.45, 2.75) is 10.4 Å². The molecule has 0 aliphatic heterocycles. The van der Waals surface area contributed by atoms with Crippen LogP contribution in [-0.4, -0.2) is 16.2 Å². The molecule has 2 nitrogen and oxygen atoms in total. The molecule has 0 N–H and O–H groups in total. The second-order valence-electron chi connectivity index (χ2n) is 1.65. The Morgan fingerprint density at radius 2 is 2.09 bits per heavy atom. The summed E-state index contributed by atoms with van der Waals surface area (Å²) in [5.41, 5.74) is 1.01. The topological polar surface area (TPSA) is 25.8 Å². The Hall–Kier alpha value is 0.200. The van der Waals surface area contributed by atoms with Crippen molar-refractivity contribution < 1.29 is 0 Å². The van der Waals surface area contributed by atoms with Crippen LogP contribution in [0.15, 0.2) is 17.4 Å². The smallest absolute Gasteiger partial charge is 0.118 e. The Morgan fingerprint density at radius 3 is 2.55 bits per heavy atom. The quantitative estimate of drug-likeness (QED) is 0.600. The van der Waals surface area contributed by atoms with Crippen molar-refractivity contribution >= 4 is 40.1 Å². The zero-order valence-corrected chi connectivity index (χ0v) is 9.17. The predicted octanol–water partition coefficient (Wildman–Crippen LogP) is 2.52. The van der Waals surface area contributed by atoms with E-state index < -0.39 is 0 Å². The van der Waals surface area contributed by atoms with E-state index >= 15 is 0 Å². The second-order valence-corrected chi connectivity index (χ2v) is 3.00. The number of nitrogens with zero attached hydrogens (tertiary/aromatic N) is 2. The van der Waals surface area contributed by atoms with Crippen LogP contribution in [0.25, 0.3) is 0 Å². The fourth-order valence-corrected chi connectivity index (χ4v) is 1.74. The standard InChI is InChI=1S/C6H7BrN2S.ClH/c1-10-6-5(4-7)8-2-3-9-6;/h2-3H,4H2,1H3;1H. The molecular weight excluding hydrogens is 248 g/mol. The molecule has 1 aromatic heterocycles. The fraction of sp³-hybridized carbons (Fsp3) is 0.333. The lowest BCUT2D eigenvalue weighted by molar-refractivity contribution is 0.981. The molecule has 0 spiro atoms. The first-order valence-corrected chi connectivity index (χ1v) is 5.13. The SMILES string of the molecule is CSc1nccnc1CBr.Cl. The molecule has 0 saturated carbocycles. The van der Waals surface area contributed by atoms with Crippen molar-refractivity contribution in [3.63, 3.8) is 0 Å². The lowest BCUT2D eigenvalue weighted by Gasteiger charge is -1.98. The van der Waals surface area contributed by atoms with Crippen LogP contribution in [0.1, 0.15) is 5.69 Å². The van der Waals surface area contributed by atoms with Crippen molar-refractivity contribution in [3.8, 4) is 0 Å². The molecule has 0 unspecified atom stereocenters. The van der Waals surface area contributed by atoms with E-state index in [1.165, 1.54) is 0 Å². The average molecular weight is 256 g/mol. The Balaban J connectivity index is 0.000001000. The van der Waals surface area contributed by atoms with Crippen molar-refractivity contribution in [1.29, 1.82) is 0 Å². The minimum Gasteiger partial charge on any atom is -0.256 e. The Bertz CT molecular complexity index is 198. The van der Waals surface area contributed by atoms with Crippen LogP contribution in [0.3, 0.4) is 0 Å². The Labute approximate surface area is 84.7 Å². The lowest BCUT2D eigenvalue weighted by atomic mass is 10.5. The first-order valence-electron chi connectivity index (χ1n) is 2.78. The minimum absolute atomic E-state index is 0. The molecule has 5 heteroatoms. The van der Waals surface area contributed by atoms with Crippen molar-refractivity contribution in [3.05, 3.63) is 18.1 Å². The highest BCUT2D eigenvalue weighted by Gasteiger charge is 1.99. The molecule has 0 atom stereocenters. The van der Waals surface area contributed by atoms with Gasteiger partial charge in [0.1, 0.15) is 5.03 Å². The first-order chi connectivity index (χ1) is 4.88. The summed E-state index contributed by atoms with van der Waals surface area (Å²) < 4.78 is 0. The van der Waals surface area contributed by atoms with Gasteiger partial charge in [-0.2, -0.15) is 0 Å². The number of halogens is 2. The van der Waals surface area contributed by atoms with Gasteiger partial charge in [-0.25, -0.2) is 4.98 Å². The van der Waals surface area contributed by atoms with Gasteiger partial charge in [0.2, 0.25) is 0 Å². The summed E-state index contributed by atoms with van der Waals surface area (Å²) in [5.74, 6) is 0. The molecule has 0 aliphatic rings. The number of aromatic nitrogens is 2. The number of hydrogen-bond acceptors (Lipinski definition) is 3. The second kappa shape index (κ2) is 5.80. The number of rotatable bonds is 2. The van der Waals surface area contributed by atoms with Crippen molar-refractivity contribution in [2.24, 2.45) is 0 Å². The molecule has 1 heterocycles. The maximum atomic E-state index is 4.14. The summed E-state index contributed by atoms with van der Waals surface area (Å²) in [7, 11) is 0. The molecule has 1 aromatic rings. The summed E-state index contributed by atoms with van der Waals surface area (Å²) in [6, 6.07) is 0. The van der Waals surface area contributed by atoms with Crippen LogP contribution >= 0.6 is 40.1 Å². The van der Waals surface area contributed by atoms with Gasteiger partial charge in [-0.15, -0.1) is 24.2 Å². The van der Waals surface area contributed by atoms with Gasteiger partial charge in [-0.1, -0.05) is 15.9 Å². The fourth-order valence-electron chi connectivity index (χ4n) is 0.616. The summed E-state index contributed by atoms with van der Waals surface area (Å²) in [4.78, 5) is 8.28. The van der Waals surface area contributed by atoms with E-state index in [9.17, 15) is 0 Å². The summed E-state index contributed by atoms with van der Waals surface area (Å²) in [6.07, 6.45) is 5.41. The predicted molar refractivity (Wildman–Crippen MR) is 53.7 cm³/mol. The maximum Gasteiger partial charge on any atom is 0.118 e. The molecule has 0 bridgehead atoms. The highest BCUT2D eigenvalue weighted by molar-refractivity contribution is 9.08. The van der Waals surface area contributed by atoms with Gasteiger partial charge in [0.15, 0.2) is 0 Å². The average Bonchev–Trinajstić information content (AvgIpc) is 2.04. The molecule has 0 amide bonds. The highest BCUT2D eigenvalue weighted by atomic mass is 79.9. The van der Waals surface area contributed by atoms with Gasteiger partial charge in [-0.05, 0) is 6.26 Å². The van der Waals surface area contributed by atoms with E-state index in [0.717, 1.165) is 16.0 Å². The molecule has 0 aromatic carbocycles. The van der Waals surface area contributed by atoms with Crippen LogP contribution in [0.2, 0.25) is 0 Å². The van der Waals surface area contributed by atoms with E-state index in [1.807, 2.05) is 6.26 Å². The summed E-state index contributed by atoms with van der Waals surface area (Å²) in [5, 5.41) is 1.77. The lowest BCUT2D eigenvalue weighted by Crippen LogP contribution is -1.90. The molecule has 11 heavy (non-hydrogen) atoms. The number of alkyl halides is 1. The minimum atomic E-state index is 0. The van der Waals surface area contributed by atoms with Crippen LogP contribution in [0.5, 0.6) is 0 Å². The van der Waals surface area contributed by atoms with Gasteiger partial charge >= 0.3 is 0 Å². The summed E-state index contributed by atoms with van der Waals surface area (Å²) >= 11 is 4.95. The van der Waals surface area contributed by atoms with Crippen LogP contribution < -0.4 is 0 Å². The van der Waals surface area contributed by atoms with Gasteiger partial charge < -0.3 is 0 Å². The Kier molecular flexibility index (Phi) is 5.91. The summed E-state index contributed by atoms with van der Waals surface area (Å²) in [6.45, 7) is 0. The van der Waals surface area contributed by atoms with E-state index in [1.54, 1.807) is 24.2 Å². The number of hydrogen-bond donors (Lipinski definition) is 0. The van der Waals surface area contributed by atoms with Crippen LogP contribution in [-0.2, 0) is 5.33 Å². The van der Waals surface area contributed by atoms with E-state index in [0.29, 0.717) is 0 Å². The normalized spacial score (nSPS) is 8.91. The van der Waals surface area contributed by atoms with Gasteiger partial charge in [0.05, 0.1) is 5.69 Å². The first kappa shape index (κ1) is 11.2. The van der Waals surface area contributed by atoms with Crippen LogP contribution in [0.4, 0.5) is 0 Å². The largest absolute Gasteiger partial charge is 0.256 e. The van der Waals surface area contributed by atoms with Crippen LogP contribution in [0, 0.1) is 0 Å².